The van der Waals surface area contributed by atoms with E-state index in [2.05, 4.69) is 54.4 Å². The highest BCUT2D eigenvalue weighted by Crippen LogP contribution is 2.18. The highest BCUT2D eigenvalue weighted by molar-refractivity contribution is 5.80. The Labute approximate surface area is 157 Å². The number of rotatable bonds is 8. The van der Waals surface area contributed by atoms with E-state index in [1.165, 1.54) is 5.69 Å². The minimum absolute atomic E-state index is 0.114. The first kappa shape index (κ1) is 19.8. The summed E-state index contributed by atoms with van der Waals surface area (Å²) in [4.78, 5) is 14.6. The molecule has 0 aromatic heterocycles. The number of carbonyl (C=O) groups is 1. The Morgan fingerprint density at radius 3 is 2.15 bits per heavy atom. The summed E-state index contributed by atoms with van der Waals surface area (Å²) in [5.74, 6) is 0.616. The molecule has 1 amide bonds. The summed E-state index contributed by atoms with van der Waals surface area (Å²) in [6.45, 7) is 12.6. The van der Waals surface area contributed by atoms with Crippen LogP contribution in [0.4, 0.5) is 5.69 Å². The third-order valence-electron chi connectivity index (χ3n) is 4.41. The van der Waals surface area contributed by atoms with Crippen LogP contribution < -0.4 is 15.0 Å². The fourth-order valence-corrected chi connectivity index (χ4v) is 3.00. The Morgan fingerprint density at radius 2 is 1.62 bits per heavy atom. The number of amides is 1. The molecule has 4 heteroatoms. The molecule has 0 aliphatic rings. The van der Waals surface area contributed by atoms with E-state index >= 15 is 0 Å². The molecule has 0 unspecified atom stereocenters. The van der Waals surface area contributed by atoms with Gasteiger partial charge in [0.1, 0.15) is 5.75 Å². The summed E-state index contributed by atoms with van der Waals surface area (Å²) >= 11 is 0. The Kier molecular flexibility index (Phi) is 7.07. The van der Waals surface area contributed by atoms with Gasteiger partial charge in [0.25, 0.3) is 5.91 Å². The highest BCUT2D eigenvalue weighted by atomic mass is 16.5. The van der Waals surface area contributed by atoms with E-state index in [1.807, 2.05) is 26.0 Å². The average Bonchev–Trinajstić information content (AvgIpc) is 2.60. The molecule has 26 heavy (non-hydrogen) atoms. The SMILES string of the molecule is CCN(CC)c1ccc(CNC(=O)[C@@H](C)Oc2cc(C)cc(C)c2)cc1. The maximum Gasteiger partial charge on any atom is 0.261 e. The Morgan fingerprint density at radius 1 is 1.04 bits per heavy atom. The van der Waals surface area contributed by atoms with Crippen LogP contribution in [-0.2, 0) is 11.3 Å². The van der Waals surface area contributed by atoms with Gasteiger partial charge in [-0.1, -0.05) is 18.2 Å². The van der Waals surface area contributed by atoms with Crippen molar-refractivity contribution in [1.82, 2.24) is 5.32 Å². The molecule has 2 aromatic rings. The molecular weight excluding hydrogens is 324 g/mol. The minimum atomic E-state index is -0.536. The highest BCUT2D eigenvalue weighted by Gasteiger charge is 2.14. The molecule has 1 N–H and O–H groups in total. The summed E-state index contributed by atoms with van der Waals surface area (Å²) in [5.41, 5.74) is 4.53. The van der Waals surface area contributed by atoms with Crippen molar-refractivity contribution in [1.29, 1.82) is 0 Å². The lowest BCUT2D eigenvalue weighted by molar-refractivity contribution is -0.127. The number of anilines is 1. The molecule has 0 spiro atoms. The number of carbonyl (C=O) groups excluding carboxylic acids is 1. The number of hydrogen-bond acceptors (Lipinski definition) is 3. The largest absolute Gasteiger partial charge is 0.481 e. The van der Waals surface area contributed by atoms with Crippen LogP contribution in [0.3, 0.4) is 0 Å². The topological polar surface area (TPSA) is 41.6 Å². The second-order valence-corrected chi connectivity index (χ2v) is 6.64. The molecule has 0 aliphatic heterocycles. The number of aryl methyl sites for hydroxylation is 2. The van der Waals surface area contributed by atoms with Crippen LogP contribution in [0.25, 0.3) is 0 Å². The zero-order valence-corrected chi connectivity index (χ0v) is 16.5. The number of ether oxygens (including phenoxy) is 1. The first-order valence-corrected chi connectivity index (χ1v) is 9.29. The van der Waals surface area contributed by atoms with E-state index in [-0.39, 0.29) is 5.91 Å². The molecule has 140 valence electrons. The standard InChI is InChI=1S/C22H30N2O2/c1-6-24(7-2)20-10-8-19(9-11-20)15-23-22(25)18(5)26-21-13-16(3)12-17(4)14-21/h8-14,18H,6-7,15H2,1-5H3,(H,23,25)/t18-/m1/s1. The van der Waals surface area contributed by atoms with Gasteiger partial charge in [-0.15, -0.1) is 0 Å². The predicted molar refractivity (Wildman–Crippen MR) is 108 cm³/mol. The molecule has 0 bridgehead atoms. The third kappa shape index (κ3) is 5.51. The molecule has 2 rings (SSSR count). The minimum Gasteiger partial charge on any atom is -0.481 e. The first-order valence-electron chi connectivity index (χ1n) is 9.29. The maximum absolute atomic E-state index is 12.3. The number of hydrogen-bond donors (Lipinski definition) is 1. The van der Waals surface area contributed by atoms with Crippen LogP contribution in [0.2, 0.25) is 0 Å². The number of benzene rings is 2. The third-order valence-corrected chi connectivity index (χ3v) is 4.41. The van der Waals surface area contributed by atoms with Crippen LogP contribution >= 0.6 is 0 Å². The van der Waals surface area contributed by atoms with Gasteiger partial charge in [-0.05, 0) is 75.6 Å². The first-order chi connectivity index (χ1) is 12.4. The van der Waals surface area contributed by atoms with Crippen molar-refractivity contribution in [2.75, 3.05) is 18.0 Å². The second kappa shape index (κ2) is 9.27. The van der Waals surface area contributed by atoms with E-state index in [4.69, 9.17) is 4.74 Å². The van der Waals surface area contributed by atoms with Crippen molar-refractivity contribution in [3.8, 4) is 5.75 Å². The van der Waals surface area contributed by atoms with Gasteiger partial charge in [-0.3, -0.25) is 4.79 Å². The van der Waals surface area contributed by atoms with Crippen molar-refractivity contribution in [3.63, 3.8) is 0 Å². The van der Waals surface area contributed by atoms with Gasteiger partial charge in [-0.2, -0.15) is 0 Å². The lowest BCUT2D eigenvalue weighted by Crippen LogP contribution is -2.35. The fourth-order valence-electron chi connectivity index (χ4n) is 3.00. The van der Waals surface area contributed by atoms with Gasteiger partial charge in [-0.25, -0.2) is 0 Å². The van der Waals surface area contributed by atoms with Crippen LogP contribution in [0.1, 0.15) is 37.5 Å². The molecule has 0 aliphatic carbocycles. The van der Waals surface area contributed by atoms with E-state index in [9.17, 15) is 4.79 Å². The van der Waals surface area contributed by atoms with Crippen molar-refractivity contribution in [2.45, 2.75) is 47.3 Å². The predicted octanol–water partition coefficient (Wildman–Crippen LogP) is 4.23. The monoisotopic (exact) mass is 354 g/mol. The average molecular weight is 354 g/mol. The second-order valence-electron chi connectivity index (χ2n) is 6.64. The summed E-state index contributed by atoms with van der Waals surface area (Å²) in [6, 6.07) is 14.3. The quantitative estimate of drug-likeness (QED) is 0.771. The summed E-state index contributed by atoms with van der Waals surface area (Å²) in [5, 5.41) is 2.95. The normalized spacial score (nSPS) is 11.7. The van der Waals surface area contributed by atoms with Gasteiger partial charge >= 0.3 is 0 Å². The van der Waals surface area contributed by atoms with Gasteiger partial charge in [0.15, 0.2) is 6.10 Å². The van der Waals surface area contributed by atoms with Crippen molar-refractivity contribution in [3.05, 3.63) is 59.2 Å². The summed E-state index contributed by atoms with van der Waals surface area (Å²) < 4.78 is 5.79. The lowest BCUT2D eigenvalue weighted by Gasteiger charge is -2.21. The molecule has 0 radical (unpaired) electrons. The number of nitrogens with one attached hydrogen (secondary N) is 1. The van der Waals surface area contributed by atoms with Gasteiger partial charge in [0, 0.05) is 25.3 Å². The van der Waals surface area contributed by atoms with E-state index < -0.39 is 6.10 Å². The van der Waals surface area contributed by atoms with Crippen LogP contribution in [0.15, 0.2) is 42.5 Å². The number of nitrogens with zero attached hydrogens (tertiary/aromatic N) is 1. The van der Waals surface area contributed by atoms with Crippen LogP contribution in [-0.4, -0.2) is 25.1 Å². The van der Waals surface area contributed by atoms with Gasteiger partial charge in [0.2, 0.25) is 0 Å². The molecule has 0 saturated carbocycles. The Hall–Kier alpha value is -2.49. The van der Waals surface area contributed by atoms with Crippen LogP contribution in [0, 0.1) is 13.8 Å². The molecular formula is C22H30N2O2. The van der Waals surface area contributed by atoms with Crippen LogP contribution in [0.5, 0.6) is 5.75 Å². The van der Waals surface area contributed by atoms with Crippen molar-refractivity contribution >= 4 is 11.6 Å². The van der Waals surface area contributed by atoms with Gasteiger partial charge < -0.3 is 15.0 Å². The fraction of sp³-hybridized carbons (Fsp3) is 0.409. The molecule has 2 aromatic carbocycles. The molecule has 0 heterocycles. The zero-order valence-electron chi connectivity index (χ0n) is 16.5. The Bertz CT molecular complexity index is 701. The molecule has 4 nitrogen and oxygen atoms in total. The molecule has 0 saturated heterocycles. The van der Waals surface area contributed by atoms with Crippen molar-refractivity contribution in [2.24, 2.45) is 0 Å². The van der Waals surface area contributed by atoms with Crippen molar-refractivity contribution < 1.29 is 9.53 Å². The molecule has 1 atom stereocenters. The summed E-state index contributed by atoms with van der Waals surface area (Å²) in [7, 11) is 0. The van der Waals surface area contributed by atoms with E-state index in [0.717, 1.165) is 35.5 Å². The summed E-state index contributed by atoms with van der Waals surface area (Å²) in [6.07, 6.45) is -0.536. The zero-order chi connectivity index (χ0) is 19.1. The van der Waals surface area contributed by atoms with Gasteiger partial charge in [0.05, 0.1) is 0 Å². The van der Waals surface area contributed by atoms with E-state index in [1.54, 1.807) is 6.92 Å². The maximum atomic E-state index is 12.3. The lowest BCUT2D eigenvalue weighted by atomic mass is 10.1. The van der Waals surface area contributed by atoms with E-state index in [0.29, 0.717) is 6.54 Å². The smallest absolute Gasteiger partial charge is 0.261 e. The Balaban J connectivity index is 1.89. The molecule has 0 fully saturated rings.